The zero-order valence-electron chi connectivity index (χ0n) is 6.07. The fourth-order valence-electron chi connectivity index (χ4n) is 1.14. The summed E-state index contributed by atoms with van der Waals surface area (Å²) in [5.74, 6) is 0.0394. The quantitative estimate of drug-likeness (QED) is 0.584. The normalized spacial score (nSPS) is 38.9. The lowest BCUT2D eigenvalue weighted by Gasteiger charge is -2.32. The third-order valence-corrected chi connectivity index (χ3v) is 2.42. The molecule has 0 spiro atoms. The van der Waals surface area contributed by atoms with E-state index in [1.165, 1.54) is 0 Å². The van der Waals surface area contributed by atoms with Crippen molar-refractivity contribution in [3.05, 3.63) is 0 Å². The molecule has 5 heteroatoms. The highest BCUT2D eigenvalue weighted by Gasteiger charge is 2.28. The van der Waals surface area contributed by atoms with Gasteiger partial charge in [0.15, 0.2) is 0 Å². The van der Waals surface area contributed by atoms with Crippen LogP contribution in [0.5, 0.6) is 0 Å². The summed E-state index contributed by atoms with van der Waals surface area (Å²) in [4.78, 5) is 0. The highest BCUT2D eigenvalue weighted by molar-refractivity contribution is 14.1. The van der Waals surface area contributed by atoms with Gasteiger partial charge >= 0.3 is 0 Å². The molecule has 0 aliphatic carbocycles. The van der Waals surface area contributed by atoms with Crippen LogP contribution in [0.4, 0.5) is 0 Å². The summed E-state index contributed by atoms with van der Waals surface area (Å²) in [6, 6.07) is 0. The SMILES string of the molecule is [B][C@H]1COC(CO)C(OI)C1. The fraction of sp³-hybridized carbons (Fsp3) is 1.00. The second-order valence-electron chi connectivity index (χ2n) is 2.68. The summed E-state index contributed by atoms with van der Waals surface area (Å²) < 4.78 is 10.3. The molecule has 0 bridgehead atoms. The molecule has 0 aromatic rings. The highest BCUT2D eigenvalue weighted by atomic mass is 127. The summed E-state index contributed by atoms with van der Waals surface area (Å²) in [6.45, 7) is 0.516. The summed E-state index contributed by atoms with van der Waals surface area (Å²) >= 11 is 1.81. The smallest absolute Gasteiger partial charge is 0.110 e. The molecule has 2 unspecified atom stereocenters. The topological polar surface area (TPSA) is 38.7 Å². The average Bonchev–Trinajstić information content (AvgIpc) is 2.04. The van der Waals surface area contributed by atoms with Crippen LogP contribution in [0.3, 0.4) is 0 Å². The van der Waals surface area contributed by atoms with Gasteiger partial charge < -0.3 is 12.9 Å². The molecule has 1 N–H and O–H groups in total. The third-order valence-electron chi connectivity index (χ3n) is 1.77. The van der Waals surface area contributed by atoms with Crippen molar-refractivity contribution in [3.63, 3.8) is 0 Å². The third kappa shape index (κ3) is 2.57. The zero-order valence-corrected chi connectivity index (χ0v) is 8.23. The monoisotopic (exact) mass is 268 g/mol. The Morgan fingerprint density at radius 2 is 2.45 bits per heavy atom. The fourth-order valence-corrected chi connectivity index (χ4v) is 1.67. The van der Waals surface area contributed by atoms with E-state index in [1.807, 2.05) is 23.0 Å². The molecule has 1 heterocycles. The van der Waals surface area contributed by atoms with Crippen LogP contribution < -0.4 is 0 Å². The number of rotatable bonds is 2. The predicted octanol–water partition coefficient (Wildman–Crippen LogP) is 0.460. The van der Waals surface area contributed by atoms with Gasteiger partial charge in [0.25, 0.3) is 0 Å². The first kappa shape index (κ1) is 9.76. The number of ether oxygens (including phenoxy) is 1. The lowest BCUT2D eigenvalue weighted by Crippen LogP contribution is -2.39. The summed E-state index contributed by atoms with van der Waals surface area (Å²) in [7, 11) is 5.63. The molecule has 1 aliphatic rings. The molecule has 0 aromatic carbocycles. The Kier molecular flexibility index (Phi) is 4.12. The van der Waals surface area contributed by atoms with Crippen molar-refractivity contribution >= 4 is 30.9 Å². The van der Waals surface area contributed by atoms with Crippen LogP contribution in [0.1, 0.15) is 6.42 Å². The molecule has 0 saturated carbocycles. The van der Waals surface area contributed by atoms with Gasteiger partial charge in [-0.05, 0) is 6.42 Å². The van der Waals surface area contributed by atoms with Gasteiger partial charge in [-0.25, -0.2) is 0 Å². The van der Waals surface area contributed by atoms with Gasteiger partial charge in [0.2, 0.25) is 0 Å². The van der Waals surface area contributed by atoms with E-state index in [-0.39, 0.29) is 24.6 Å². The van der Waals surface area contributed by atoms with E-state index in [0.29, 0.717) is 6.61 Å². The molecule has 2 radical (unpaired) electrons. The standard InChI is InChI=1S/C6H10BIO3/c7-4-1-5(11-8)6(2-9)10-3-4/h4-6,9H,1-3H2/t4-,5?,6?/m1/s1. The van der Waals surface area contributed by atoms with Gasteiger partial charge in [0.1, 0.15) is 29.1 Å². The molecule has 3 atom stereocenters. The largest absolute Gasteiger partial charge is 0.394 e. The maximum atomic E-state index is 8.83. The molecule has 62 valence electrons. The molecule has 3 nitrogen and oxygen atoms in total. The number of aliphatic hydroxyl groups excluding tert-OH is 1. The van der Waals surface area contributed by atoms with Crippen molar-refractivity contribution in [1.29, 1.82) is 0 Å². The van der Waals surface area contributed by atoms with Crippen molar-refractivity contribution < 1.29 is 12.9 Å². The van der Waals surface area contributed by atoms with Gasteiger partial charge in [0.05, 0.1) is 20.6 Å². The lowest BCUT2D eigenvalue weighted by molar-refractivity contribution is -0.0719. The van der Waals surface area contributed by atoms with Gasteiger partial charge in [0, 0.05) is 6.61 Å². The number of hydrogen-bond donors (Lipinski definition) is 1. The maximum absolute atomic E-state index is 8.83. The van der Waals surface area contributed by atoms with Crippen LogP contribution in [0.2, 0.25) is 5.82 Å². The van der Waals surface area contributed by atoms with E-state index in [9.17, 15) is 0 Å². The van der Waals surface area contributed by atoms with Crippen LogP contribution in [0.25, 0.3) is 0 Å². The van der Waals surface area contributed by atoms with Gasteiger partial charge in [-0.3, -0.25) is 0 Å². The second kappa shape index (κ2) is 4.64. The summed E-state index contributed by atoms with van der Waals surface area (Å²) in [6.07, 6.45) is 0.491. The minimum Gasteiger partial charge on any atom is -0.394 e. The Morgan fingerprint density at radius 3 is 3.00 bits per heavy atom. The van der Waals surface area contributed by atoms with Crippen molar-refractivity contribution in [1.82, 2.24) is 0 Å². The van der Waals surface area contributed by atoms with E-state index in [4.69, 9.17) is 20.8 Å². The molecule has 0 aromatic heterocycles. The first-order valence-electron chi connectivity index (χ1n) is 3.53. The molecule has 1 rings (SSSR count). The predicted molar refractivity (Wildman–Crippen MR) is 49.8 cm³/mol. The highest BCUT2D eigenvalue weighted by Crippen LogP contribution is 2.24. The van der Waals surface area contributed by atoms with E-state index in [1.54, 1.807) is 0 Å². The molecule has 1 fully saturated rings. The molecule has 11 heavy (non-hydrogen) atoms. The van der Waals surface area contributed by atoms with Gasteiger partial charge in [-0.1, -0.05) is 5.82 Å². The average molecular weight is 268 g/mol. The Hall–Kier alpha value is 0.675. The number of hydrogen-bond acceptors (Lipinski definition) is 3. The van der Waals surface area contributed by atoms with Crippen LogP contribution >= 0.6 is 23.0 Å². The van der Waals surface area contributed by atoms with E-state index < -0.39 is 0 Å². The Balaban J connectivity index is 2.41. The molecule has 1 saturated heterocycles. The molecular formula is C6H10BIO3. The van der Waals surface area contributed by atoms with Crippen LogP contribution in [0, 0.1) is 0 Å². The van der Waals surface area contributed by atoms with Gasteiger partial charge in [-0.15, -0.1) is 0 Å². The van der Waals surface area contributed by atoms with Gasteiger partial charge in [-0.2, -0.15) is 0 Å². The minimum absolute atomic E-state index is 0.000385. The Labute approximate surface area is 81.5 Å². The molecule has 1 aliphatic heterocycles. The number of aliphatic hydroxyl groups is 1. The Bertz CT molecular complexity index is 124. The summed E-state index contributed by atoms with van der Waals surface area (Å²) in [5.41, 5.74) is 0. The van der Waals surface area contributed by atoms with E-state index in [2.05, 4.69) is 0 Å². The molecular weight excluding hydrogens is 258 g/mol. The van der Waals surface area contributed by atoms with E-state index >= 15 is 0 Å². The van der Waals surface area contributed by atoms with Crippen molar-refractivity contribution in [3.8, 4) is 0 Å². The minimum atomic E-state index is -0.202. The number of halogens is 1. The van der Waals surface area contributed by atoms with Crippen LogP contribution in [0.15, 0.2) is 0 Å². The second-order valence-corrected chi connectivity index (χ2v) is 3.19. The first-order chi connectivity index (χ1) is 5.27. The van der Waals surface area contributed by atoms with E-state index in [0.717, 1.165) is 6.42 Å². The summed E-state index contributed by atoms with van der Waals surface area (Å²) in [5, 5.41) is 8.83. The van der Waals surface area contributed by atoms with Crippen molar-refractivity contribution in [2.24, 2.45) is 0 Å². The lowest BCUT2D eigenvalue weighted by atomic mass is 9.81. The Morgan fingerprint density at radius 1 is 1.73 bits per heavy atom. The maximum Gasteiger partial charge on any atom is 0.110 e. The van der Waals surface area contributed by atoms with Crippen molar-refractivity contribution in [2.45, 2.75) is 24.4 Å². The zero-order chi connectivity index (χ0) is 8.27. The van der Waals surface area contributed by atoms with Crippen LogP contribution in [-0.4, -0.2) is 38.4 Å². The first-order valence-corrected chi connectivity index (χ1v) is 4.41. The molecule has 0 amide bonds. The van der Waals surface area contributed by atoms with Crippen molar-refractivity contribution in [2.75, 3.05) is 13.2 Å². The van der Waals surface area contributed by atoms with Crippen LogP contribution in [-0.2, 0) is 7.80 Å².